The molecule has 0 aliphatic rings. The number of unbranched alkanes of at least 4 members (excludes halogenated alkanes) is 1. The summed E-state index contributed by atoms with van der Waals surface area (Å²) in [4.78, 5) is 77.7. The van der Waals surface area contributed by atoms with Crippen molar-refractivity contribution < 1.29 is 43.8 Å². The fourth-order valence-electron chi connectivity index (χ4n) is 5.59. The molecule has 9 N–H and O–H groups in total. The Labute approximate surface area is 319 Å². The number of hydrogen-bond donors (Lipinski definition) is 8. The molecule has 4 unspecified atom stereocenters. The van der Waals surface area contributed by atoms with E-state index in [1.807, 2.05) is 47.9 Å². The lowest BCUT2D eigenvalue weighted by Gasteiger charge is -2.32. The Kier molecular flexibility index (Phi) is 16.9. The van der Waals surface area contributed by atoms with Crippen LogP contribution in [-0.4, -0.2) is 102 Å². The average Bonchev–Trinajstić information content (AvgIpc) is 3.14. The number of nitrogens with two attached hydrogens (primary N) is 1. The van der Waals surface area contributed by atoms with Gasteiger partial charge < -0.3 is 46.8 Å². The molecular weight excluding hydrogens is 715 g/mol. The van der Waals surface area contributed by atoms with Crippen LogP contribution in [-0.2, 0) is 41.6 Å². The van der Waals surface area contributed by atoms with Crippen LogP contribution in [0.1, 0.15) is 44.2 Å². The zero-order valence-corrected chi connectivity index (χ0v) is 31.7. The molecule has 3 rings (SSSR count). The van der Waals surface area contributed by atoms with Gasteiger partial charge in [-0.3, -0.25) is 19.2 Å². The number of carboxylic acid groups (broad SMARTS) is 1. The number of aliphatic carboxylic acids is 1. The minimum absolute atomic E-state index is 0.0413. The summed E-state index contributed by atoms with van der Waals surface area (Å²) < 4.78 is 5.24. The van der Waals surface area contributed by atoms with Crippen LogP contribution in [0.5, 0.6) is 5.75 Å². The highest BCUT2D eigenvalue weighted by Gasteiger charge is 2.35. The standard InChI is InChI=1S/C37H49BN6O9S/c1-22(45)40-34(35(49)50)54-21-30(44-52)32(47)41-28(19-23-11-14-27(53-3)15-12-23)31(46)42-29(20-24-10-13-25-8-4-5-9-26(25)18-24)33(48)43-37(2,36(38)51)16-6-7-17-39/h4-5,8-15,18,28-30,34,44,52H,6-7,16-17,19-21,38-39H2,1-3H3,(H,40,45)(H,41,47)(H,42,46)(H,43,48)(H,49,50)/t28?,29-,30?,34?,37?/m0/s1. The van der Waals surface area contributed by atoms with Gasteiger partial charge in [0.2, 0.25) is 23.6 Å². The summed E-state index contributed by atoms with van der Waals surface area (Å²) in [7, 11) is 2.89. The molecule has 0 bridgehead atoms. The van der Waals surface area contributed by atoms with Crippen molar-refractivity contribution in [1.29, 1.82) is 0 Å². The molecule has 5 atom stereocenters. The molecule has 15 nitrogen and oxygen atoms in total. The first kappa shape index (κ1) is 43.4. The van der Waals surface area contributed by atoms with Gasteiger partial charge in [-0.1, -0.05) is 54.6 Å². The van der Waals surface area contributed by atoms with E-state index in [0.29, 0.717) is 48.9 Å². The number of carbonyl (C=O) groups is 6. The number of hydrogen-bond acceptors (Lipinski definition) is 11. The maximum Gasteiger partial charge on any atom is 0.336 e. The molecule has 0 heterocycles. The van der Waals surface area contributed by atoms with Crippen molar-refractivity contribution in [2.75, 3.05) is 19.4 Å². The zero-order valence-electron chi connectivity index (χ0n) is 30.8. The van der Waals surface area contributed by atoms with Crippen LogP contribution < -0.4 is 37.2 Å². The third-order valence-corrected chi connectivity index (χ3v) is 10.1. The lowest BCUT2D eigenvalue weighted by atomic mass is 9.79. The Morgan fingerprint density at radius 3 is 2.00 bits per heavy atom. The normalized spacial score (nSPS) is 14.4. The van der Waals surface area contributed by atoms with E-state index in [-0.39, 0.29) is 24.3 Å². The van der Waals surface area contributed by atoms with E-state index in [1.165, 1.54) is 15.0 Å². The Balaban J connectivity index is 1.95. The molecule has 0 saturated heterocycles. The Morgan fingerprint density at radius 2 is 1.43 bits per heavy atom. The van der Waals surface area contributed by atoms with E-state index in [2.05, 4.69) is 21.3 Å². The van der Waals surface area contributed by atoms with E-state index < -0.39 is 58.6 Å². The molecule has 0 aromatic heterocycles. The maximum absolute atomic E-state index is 14.2. The summed E-state index contributed by atoms with van der Waals surface area (Å²) in [5.74, 6) is -3.92. The number of carboxylic acids is 1. The van der Waals surface area contributed by atoms with Crippen LogP contribution in [0.3, 0.4) is 0 Å². The van der Waals surface area contributed by atoms with Gasteiger partial charge in [0.15, 0.2) is 13.2 Å². The first-order valence-corrected chi connectivity index (χ1v) is 18.5. The molecule has 0 saturated carbocycles. The lowest BCUT2D eigenvalue weighted by molar-refractivity contribution is -0.138. The second-order valence-electron chi connectivity index (χ2n) is 13.1. The van der Waals surface area contributed by atoms with Gasteiger partial charge in [-0.2, -0.15) is 5.48 Å². The van der Waals surface area contributed by atoms with Crippen LogP contribution in [0.4, 0.5) is 0 Å². The third kappa shape index (κ3) is 13.2. The van der Waals surface area contributed by atoms with Crippen molar-refractivity contribution in [2.24, 2.45) is 5.73 Å². The molecular formula is C37H49BN6O9S. The van der Waals surface area contributed by atoms with Crippen LogP contribution in [0.2, 0.25) is 0 Å². The number of rotatable bonds is 22. The maximum atomic E-state index is 14.2. The molecule has 0 spiro atoms. The smallest absolute Gasteiger partial charge is 0.336 e. The van der Waals surface area contributed by atoms with Gasteiger partial charge in [-0.15, -0.1) is 11.8 Å². The van der Waals surface area contributed by atoms with Crippen LogP contribution in [0, 0.1) is 0 Å². The molecule has 0 fully saturated rings. The number of benzene rings is 3. The van der Waals surface area contributed by atoms with Crippen molar-refractivity contribution in [2.45, 2.75) is 75.0 Å². The van der Waals surface area contributed by atoms with Crippen LogP contribution in [0.15, 0.2) is 66.7 Å². The number of carbonyl (C=O) groups excluding carboxylic acids is 5. The Hall–Kier alpha value is -4.97. The minimum atomic E-state index is -1.41. The second-order valence-corrected chi connectivity index (χ2v) is 14.3. The molecule has 0 aliphatic heterocycles. The summed E-state index contributed by atoms with van der Waals surface area (Å²) in [5.41, 5.74) is 7.36. The molecule has 54 heavy (non-hydrogen) atoms. The van der Waals surface area contributed by atoms with Gasteiger partial charge in [0.25, 0.3) is 0 Å². The molecule has 0 radical (unpaired) electrons. The molecule has 4 amide bonds. The van der Waals surface area contributed by atoms with Gasteiger partial charge in [-0.25, -0.2) is 4.79 Å². The summed E-state index contributed by atoms with van der Waals surface area (Å²) in [6.07, 6.45) is 1.55. The van der Waals surface area contributed by atoms with Gasteiger partial charge in [0.1, 0.15) is 29.6 Å². The monoisotopic (exact) mass is 764 g/mol. The molecule has 3 aromatic rings. The van der Waals surface area contributed by atoms with E-state index >= 15 is 0 Å². The van der Waals surface area contributed by atoms with Crippen molar-refractivity contribution in [3.8, 4) is 5.75 Å². The first-order chi connectivity index (χ1) is 25.7. The first-order valence-electron chi connectivity index (χ1n) is 17.4. The highest BCUT2D eigenvalue weighted by molar-refractivity contribution is 8.00. The van der Waals surface area contributed by atoms with Gasteiger partial charge in [0, 0.05) is 25.5 Å². The number of amides is 4. The van der Waals surface area contributed by atoms with Crippen LogP contribution >= 0.6 is 11.8 Å². The minimum Gasteiger partial charge on any atom is -0.497 e. The highest BCUT2D eigenvalue weighted by atomic mass is 32.2. The number of thioether (sulfide) groups is 1. The lowest BCUT2D eigenvalue weighted by Crippen LogP contribution is -2.61. The van der Waals surface area contributed by atoms with Crippen molar-refractivity contribution in [3.63, 3.8) is 0 Å². The topological polar surface area (TPSA) is 238 Å². The SMILES string of the molecule is BC(=O)C(C)(CCCCN)NC(=O)[C@H](Cc1ccc2ccccc2c1)NC(=O)C(Cc1ccc(OC)cc1)NC(=O)C(CSC(NC(C)=O)C(=O)O)NO. The van der Waals surface area contributed by atoms with Gasteiger partial charge in [0.05, 0.1) is 12.6 Å². The van der Waals surface area contributed by atoms with Crippen molar-refractivity contribution in [1.82, 2.24) is 26.7 Å². The predicted octanol–water partition coefficient (Wildman–Crippen LogP) is 0.394. The number of methoxy groups -OCH3 is 1. The average molecular weight is 765 g/mol. The quantitative estimate of drug-likeness (QED) is 0.0300. The van der Waals surface area contributed by atoms with Crippen LogP contribution in [0.25, 0.3) is 10.8 Å². The van der Waals surface area contributed by atoms with E-state index in [1.54, 1.807) is 31.2 Å². The molecule has 290 valence electrons. The van der Waals surface area contributed by atoms with Crippen molar-refractivity contribution >= 4 is 65.7 Å². The summed E-state index contributed by atoms with van der Waals surface area (Å²) in [6.45, 7) is 3.19. The molecule has 17 heteroatoms. The van der Waals surface area contributed by atoms with E-state index in [0.717, 1.165) is 23.3 Å². The van der Waals surface area contributed by atoms with E-state index in [4.69, 9.17) is 10.5 Å². The Bertz CT molecular complexity index is 1780. The number of fused-ring (bicyclic) bond motifs is 1. The third-order valence-electron chi connectivity index (χ3n) is 8.89. The van der Waals surface area contributed by atoms with E-state index in [9.17, 15) is 39.1 Å². The summed E-state index contributed by atoms with van der Waals surface area (Å²) >= 11 is 0.677. The number of hydroxylamine groups is 1. The summed E-state index contributed by atoms with van der Waals surface area (Å²) in [5, 5.41) is 30.3. The number of ether oxygens (including phenoxy) is 1. The largest absolute Gasteiger partial charge is 0.497 e. The fraction of sp³-hybridized carbons (Fsp3) is 0.405. The van der Waals surface area contributed by atoms with Gasteiger partial charge >= 0.3 is 5.97 Å². The number of nitrogens with one attached hydrogen (secondary N) is 5. The highest BCUT2D eigenvalue weighted by Crippen LogP contribution is 2.20. The fourth-order valence-corrected chi connectivity index (χ4v) is 6.60. The van der Waals surface area contributed by atoms with Crippen molar-refractivity contribution in [3.05, 3.63) is 77.9 Å². The molecule has 3 aromatic carbocycles. The Morgan fingerprint density at radius 1 is 0.833 bits per heavy atom. The molecule has 0 aliphatic carbocycles. The predicted molar refractivity (Wildman–Crippen MR) is 208 cm³/mol. The zero-order chi connectivity index (χ0) is 39.8. The summed E-state index contributed by atoms with van der Waals surface area (Å²) in [6, 6.07) is 16.2. The van der Waals surface area contributed by atoms with Gasteiger partial charge in [-0.05, 0) is 66.8 Å². The second kappa shape index (κ2) is 21.1.